The van der Waals surface area contributed by atoms with Crippen LogP contribution in [-0.2, 0) is 0 Å². The Kier molecular flexibility index (Phi) is 8.22. The van der Waals surface area contributed by atoms with Crippen molar-refractivity contribution in [2.24, 2.45) is 0 Å². The van der Waals surface area contributed by atoms with E-state index < -0.39 is 0 Å². The third-order valence-corrected chi connectivity index (χ3v) is 7.63. The lowest BCUT2D eigenvalue weighted by atomic mass is 10.00. The van der Waals surface area contributed by atoms with Gasteiger partial charge >= 0.3 is 0 Å². The van der Waals surface area contributed by atoms with Gasteiger partial charge in [0.2, 0.25) is 0 Å². The summed E-state index contributed by atoms with van der Waals surface area (Å²) in [5.41, 5.74) is 10.6. The first-order chi connectivity index (χ1) is 17.7. The Morgan fingerprint density at radius 3 is 2.46 bits per heavy atom. The van der Waals surface area contributed by atoms with Crippen LogP contribution in [0.25, 0.3) is 0 Å². The van der Waals surface area contributed by atoms with Crippen LogP contribution in [0.15, 0.2) is 30.6 Å². The fourth-order valence-electron chi connectivity index (χ4n) is 5.82. The van der Waals surface area contributed by atoms with E-state index in [4.69, 9.17) is 5.73 Å². The van der Waals surface area contributed by atoms with Gasteiger partial charge in [-0.05, 0) is 63.9 Å². The number of likely N-dealkylation sites (tertiary alicyclic amines) is 1. The molecular formula is C28H41N7O2. The molecule has 1 aromatic carbocycles. The minimum Gasteiger partial charge on any atom is -0.397 e. The Balaban J connectivity index is 1.53. The van der Waals surface area contributed by atoms with E-state index in [9.17, 15) is 9.59 Å². The van der Waals surface area contributed by atoms with Gasteiger partial charge in [0.25, 0.3) is 11.8 Å². The number of aryl methyl sites for hydroxylation is 1. The summed E-state index contributed by atoms with van der Waals surface area (Å²) in [7, 11) is 1.81. The highest BCUT2D eigenvalue weighted by Gasteiger charge is 2.33. The molecule has 0 radical (unpaired) electrons. The number of carbonyl (C=O) groups excluding carboxylic acids is 2. The summed E-state index contributed by atoms with van der Waals surface area (Å²) < 4.78 is 0. The number of nitrogens with one attached hydrogen (secondary N) is 2. The Bertz CT molecular complexity index is 1130. The van der Waals surface area contributed by atoms with Crippen molar-refractivity contribution in [1.29, 1.82) is 0 Å². The summed E-state index contributed by atoms with van der Waals surface area (Å²) in [5.74, 6) is -0.0351. The summed E-state index contributed by atoms with van der Waals surface area (Å²) in [6, 6.07) is 6.24. The number of rotatable bonds is 6. The van der Waals surface area contributed by atoms with Crippen LogP contribution in [0.5, 0.6) is 0 Å². The van der Waals surface area contributed by atoms with Crippen molar-refractivity contribution in [2.45, 2.75) is 58.7 Å². The standard InChI is InChI=1S/C28H41N7O2/c1-6-35-19(3)15-34(16-20(35)4)28(37)24-10-18(2)11-25(29)26(24)32-22-8-7-9-33(17-22)27(36)21-12-23(30-5)14-31-13-21/h10-14,19-20,22,30,32H,6-9,15-17,29H2,1-5H3/t19-,20-,22+/m0/s1. The lowest BCUT2D eigenvalue weighted by Crippen LogP contribution is -2.57. The second-order valence-electron chi connectivity index (χ2n) is 10.5. The lowest BCUT2D eigenvalue weighted by Gasteiger charge is -2.44. The highest BCUT2D eigenvalue weighted by molar-refractivity contribution is 6.02. The van der Waals surface area contributed by atoms with Gasteiger partial charge in [0, 0.05) is 63.7 Å². The summed E-state index contributed by atoms with van der Waals surface area (Å²) >= 11 is 0. The molecule has 37 heavy (non-hydrogen) atoms. The molecule has 2 saturated heterocycles. The Labute approximate surface area is 220 Å². The first-order valence-corrected chi connectivity index (χ1v) is 13.4. The first kappa shape index (κ1) is 26.7. The second kappa shape index (κ2) is 11.4. The topological polar surface area (TPSA) is 107 Å². The van der Waals surface area contributed by atoms with Crippen LogP contribution in [0.1, 0.15) is 59.9 Å². The Morgan fingerprint density at radius 2 is 1.78 bits per heavy atom. The fourth-order valence-corrected chi connectivity index (χ4v) is 5.82. The zero-order valence-corrected chi connectivity index (χ0v) is 22.8. The van der Waals surface area contributed by atoms with Crippen molar-refractivity contribution in [2.75, 3.05) is 56.1 Å². The number of benzene rings is 1. The molecule has 2 aromatic rings. The zero-order valence-electron chi connectivity index (χ0n) is 22.8. The smallest absolute Gasteiger partial charge is 0.256 e. The van der Waals surface area contributed by atoms with Crippen LogP contribution in [0, 0.1) is 6.92 Å². The molecule has 2 amide bonds. The molecule has 4 rings (SSSR count). The molecule has 2 aliphatic rings. The molecule has 0 bridgehead atoms. The lowest BCUT2D eigenvalue weighted by molar-refractivity contribution is 0.0331. The van der Waals surface area contributed by atoms with Gasteiger partial charge in [-0.2, -0.15) is 0 Å². The number of pyridine rings is 1. The first-order valence-electron chi connectivity index (χ1n) is 13.4. The molecule has 3 atom stereocenters. The predicted molar refractivity (Wildman–Crippen MR) is 149 cm³/mol. The molecule has 1 aromatic heterocycles. The van der Waals surface area contributed by atoms with Crippen molar-refractivity contribution in [3.05, 3.63) is 47.3 Å². The van der Waals surface area contributed by atoms with E-state index in [1.54, 1.807) is 12.4 Å². The van der Waals surface area contributed by atoms with Crippen molar-refractivity contribution < 1.29 is 9.59 Å². The van der Waals surface area contributed by atoms with Gasteiger partial charge in [-0.15, -0.1) is 0 Å². The van der Waals surface area contributed by atoms with Crippen molar-refractivity contribution in [3.63, 3.8) is 0 Å². The molecule has 2 fully saturated rings. The summed E-state index contributed by atoms with van der Waals surface area (Å²) in [6.07, 6.45) is 5.06. The minimum absolute atomic E-state index is 0.00560. The Morgan fingerprint density at radius 1 is 1.05 bits per heavy atom. The number of likely N-dealkylation sites (N-methyl/N-ethyl adjacent to an activating group) is 1. The number of piperidine rings is 1. The van der Waals surface area contributed by atoms with Crippen molar-refractivity contribution in [3.8, 4) is 0 Å². The monoisotopic (exact) mass is 507 g/mol. The van der Waals surface area contributed by atoms with Crippen LogP contribution in [0.4, 0.5) is 17.1 Å². The van der Waals surface area contributed by atoms with E-state index in [2.05, 4.69) is 41.3 Å². The van der Waals surface area contributed by atoms with Crippen molar-refractivity contribution >= 4 is 28.9 Å². The van der Waals surface area contributed by atoms with E-state index in [0.29, 0.717) is 60.8 Å². The van der Waals surface area contributed by atoms with Crippen LogP contribution in [-0.4, -0.2) is 89.4 Å². The minimum atomic E-state index is -0.0407. The maximum atomic E-state index is 13.8. The number of hydrogen-bond donors (Lipinski definition) is 3. The van der Waals surface area contributed by atoms with E-state index in [1.807, 2.05) is 42.0 Å². The average molecular weight is 508 g/mol. The molecule has 0 saturated carbocycles. The number of amides is 2. The van der Waals surface area contributed by atoms with Gasteiger partial charge in [-0.25, -0.2) is 0 Å². The fraction of sp³-hybridized carbons (Fsp3) is 0.536. The molecule has 0 unspecified atom stereocenters. The van der Waals surface area contributed by atoms with E-state index in [0.717, 1.165) is 30.6 Å². The number of hydrogen-bond acceptors (Lipinski definition) is 7. The number of anilines is 3. The molecule has 4 N–H and O–H groups in total. The van der Waals surface area contributed by atoms with E-state index >= 15 is 0 Å². The number of nitrogens with zero attached hydrogens (tertiary/aromatic N) is 4. The van der Waals surface area contributed by atoms with Gasteiger partial charge in [0.05, 0.1) is 28.2 Å². The summed E-state index contributed by atoms with van der Waals surface area (Å²) in [6.45, 7) is 12.1. The molecule has 9 heteroatoms. The number of aromatic nitrogens is 1. The van der Waals surface area contributed by atoms with Crippen LogP contribution in [0.3, 0.4) is 0 Å². The normalized spacial score (nSPS) is 22.6. The quantitative estimate of drug-likeness (QED) is 0.515. The van der Waals surface area contributed by atoms with Gasteiger partial charge in [-0.3, -0.25) is 19.5 Å². The molecular weight excluding hydrogens is 466 g/mol. The molecule has 3 heterocycles. The van der Waals surface area contributed by atoms with E-state index in [-0.39, 0.29) is 17.9 Å². The Hall–Kier alpha value is -3.33. The maximum absolute atomic E-state index is 13.8. The summed E-state index contributed by atoms with van der Waals surface area (Å²) in [4.78, 5) is 37.5. The number of carbonyl (C=O) groups is 2. The van der Waals surface area contributed by atoms with Crippen molar-refractivity contribution in [1.82, 2.24) is 19.7 Å². The molecule has 200 valence electrons. The molecule has 0 spiro atoms. The SMILES string of the molecule is CCN1[C@@H](C)CN(C(=O)c2cc(C)cc(N)c2N[C@@H]2CCCN(C(=O)c3cncc(NC)c3)C2)C[C@@H]1C. The maximum Gasteiger partial charge on any atom is 0.256 e. The number of nitrogen functional groups attached to an aromatic ring is 1. The predicted octanol–water partition coefficient (Wildman–Crippen LogP) is 3.29. The van der Waals surface area contributed by atoms with Crippen LogP contribution < -0.4 is 16.4 Å². The third kappa shape index (κ3) is 5.82. The van der Waals surface area contributed by atoms with Gasteiger partial charge in [0.1, 0.15) is 0 Å². The largest absolute Gasteiger partial charge is 0.397 e. The van der Waals surface area contributed by atoms with Gasteiger partial charge in [0.15, 0.2) is 0 Å². The van der Waals surface area contributed by atoms with Gasteiger partial charge in [-0.1, -0.05) is 6.92 Å². The van der Waals surface area contributed by atoms with Crippen LogP contribution in [0.2, 0.25) is 0 Å². The second-order valence-corrected chi connectivity index (χ2v) is 10.5. The molecule has 9 nitrogen and oxygen atoms in total. The average Bonchev–Trinajstić information content (AvgIpc) is 2.89. The van der Waals surface area contributed by atoms with E-state index in [1.165, 1.54) is 0 Å². The number of nitrogens with two attached hydrogens (primary N) is 1. The highest BCUT2D eigenvalue weighted by Crippen LogP contribution is 2.30. The summed E-state index contributed by atoms with van der Waals surface area (Å²) in [5, 5.41) is 6.60. The third-order valence-electron chi connectivity index (χ3n) is 7.63. The van der Waals surface area contributed by atoms with Crippen LogP contribution >= 0.6 is 0 Å². The van der Waals surface area contributed by atoms with Gasteiger partial charge < -0.3 is 26.2 Å². The number of piperazine rings is 1. The molecule has 0 aliphatic carbocycles. The highest BCUT2D eigenvalue weighted by atomic mass is 16.2. The molecule has 2 aliphatic heterocycles. The zero-order chi connectivity index (χ0) is 26.7.